The number of aryl methyl sites for hydroxylation is 2. The van der Waals surface area contributed by atoms with Crippen LogP contribution in [-0.2, 0) is 11.2 Å². The summed E-state index contributed by atoms with van der Waals surface area (Å²) in [6, 6.07) is 11.2. The average molecular weight is 328 g/mol. The number of furan rings is 1. The topological polar surface area (TPSA) is 71.3 Å². The second kappa shape index (κ2) is 8.91. The van der Waals surface area contributed by atoms with Gasteiger partial charge in [-0.2, -0.15) is 0 Å². The lowest BCUT2D eigenvalue weighted by atomic mass is 10.1. The van der Waals surface area contributed by atoms with E-state index in [0.717, 1.165) is 24.2 Å². The Morgan fingerprint density at radius 2 is 2.04 bits per heavy atom. The Hall–Kier alpha value is -2.56. The monoisotopic (exact) mass is 328 g/mol. The number of rotatable bonds is 8. The van der Waals surface area contributed by atoms with Crippen molar-refractivity contribution in [2.75, 3.05) is 6.54 Å². The van der Waals surface area contributed by atoms with Gasteiger partial charge in [0.15, 0.2) is 0 Å². The Kier molecular flexibility index (Phi) is 6.61. The van der Waals surface area contributed by atoms with Crippen molar-refractivity contribution in [2.24, 2.45) is 0 Å². The fourth-order valence-electron chi connectivity index (χ4n) is 2.41. The van der Waals surface area contributed by atoms with Crippen LogP contribution in [0.25, 0.3) is 0 Å². The number of hydrogen-bond acceptors (Lipinski definition) is 3. The Morgan fingerprint density at radius 1 is 1.21 bits per heavy atom. The van der Waals surface area contributed by atoms with E-state index in [1.54, 1.807) is 12.3 Å². The van der Waals surface area contributed by atoms with Crippen LogP contribution < -0.4 is 10.6 Å². The number of carbonyl (C=O) groups is 2. The third kappa shape index (κ3) is 5.91. The molecule has 5 nitrogen and oxygen atoms in total. The summed E-state index contributed by atoms with van der Waals surface area (Å²) >= 11 is 0. The molecule has 24 heavy (non-hydrogen) atoms. The molecule has 2 amide bonds. The number of hydrogen-bond donors (Lipinski definition) is 2. The number of nitrogens with one attached hydrogen (secondary N) is 2. The number of carbonyl (C=O) groups excluding carboxylic acids is 2. The first-order valence-corrected chi connectivity index (χ1v) is 8.21. The van der Waals surface area contributed by atoms with Gasteiger partial charge >= 0.3 is 0 Å². The van der Waals surface area contributed by atoms with E-state index in [1.165, 1.54) is 0 Å². The van der Waals surface area contributed by atoms with Gasteiger partial charge in [0.2, 0.25) is 5.91 Å². The van der Waals surface area contributed by atoms with Gasteiger partial charge in [-0.3, -0.25) is 9.59 Å². The minimum atomic E-state index is -0.155. The summed E-state index contributed by atoms with van der Waals surface area (Å²) in [6.45, 7) is 4.23. The molecule has 1 aromatic heterocycles. The number of amides is 2. The molecule has 128 valence electrons. The lowest BCUT2D eigenvalue weighted by molar-refractivity contribution is -0.121. The third-order valence-electron chi connectivity index (χ3n) is 3.73. The highest BCUT2D eigenvalue weighted by molar-refractivity contribution is 5.94. The van der Waals surface area contributed by atoms with E-state index in [1.807, 2.05) is 44.2 Å². The van der Waals surface area contributed by atoms with Gasteiger partial charge in [-0.25, -0.2) is 0 Å². The van der Waals surface area contributed by atoms with Crippen molar-refractivity contribution in [1.82, 2.24) is 10.6 Å². The molecule has 1 unspecified atom stereocenters. The third-order valence-corrected chi connectivity index (χ3v) is 3.73. The van der Waals surface area contributed by atoms with Crippen molar-refractivity contribution in [3.63, 3.8) is 0 Å². The Balaban J connectivity index is 1.64. The molecule has 0 saturated carbocycles. The summed E-state index contributed by atoms with van der Waals surface area (Å²) in [6.07, 6.45) is 3.52. The first-order chi connectivity index (χ1) is 11.5. The van der Waals surface area contributed by atoms with Crippen LogP contribution in [0, 0.1) is 6.92 Å². The van der Waals surface area contributed by atoms with Gasteiger partial charge in [0.05, 0.1) is 6.26 Å². The van der Waals surface area contributed by atoms with Gasteiger partial charge in [-0.05, 0) is 44.5 Å². The molecule has 0 aliphatic carbocycles. The molecule has 5 heteroatoms. The van der Waals surface area contributed by atoms with Gasteiger partial charge < -0.3 is 15.1 Å². The predicted octanol–water partition coefficient (Wildman–Crippen LogP) is 2.85. The smallest absolute Gasteiger partial charge is 0.251 e. The average Bonchev–Trinajstić information content (AvgIpc) is 3.06. The van der Waals surface area contributed by atoms with Crippen LogP contribution in [0.2, 0.25) is 0 Å². The second-order valence-electron chi connectivity index (χ2n) is 5.96. The molecule has 2 N–H and O–H groups in total. The zero-order chi connectivity index (χ0) is 17.4. The Labute approximate surface area is 142 Å². The lowest BCUT2D eigenvalue weighted by Gasteiger charge is -2.13. The fourth-order valence-corrected chi connectivity index (χ4v) is 2.41. The van der Waals surface area contributed by atoms with E-state index in [-0.39, 0.29) is 24.3 Å². The van der Waals surface area contributed by atoms with E-state index >= 15 is 0 Å². The van der Waals surface area contributed by atoms with Gasteiger partial charge in [0, 0.05) is 31.0 Å². The van der Waals surface area contributed by atoms with E-state index in [0.29, 0.717) is 12.1 Å². The highest BCUT2D eigenvalue weighted by atomic mass is 16.3. The molecule has 0 aliphatic heterocycles. The summed E-state index contributed by atoms with van der Waals surface area (Å²) in [5.74, 6) is 0.699. The SMILES string of the molecule is Cc1cccc(C(=O)NCCC(=O)NC(C)CCc2ccco2)c1. The van der Waals surface area contributed by atoms with E-state index in [2.05, 4.69) is 10.6 Å². The summed E-state index contributed by atoms with van der Waals surface area (Å²) < 4.78 is 5.27. The zero-order valence-corrected chi connectivity index (χ0v) is 14.2. The van der Waals surface area contributed by atoms with Crippen LogP contribution in [0.4, 0.5) is 0 Å². The molecule has 0 fully saturated rings. The number of benzene rings is 1. The van der Waals surface area contributed by atoms with Crippen molar-refractivity contribution in [2.45, 2.75) is 39.2 Å². The van der Waals surface area contributed by atoms with Crippen molar-refractivity contribution in [3.05, 3.63) is 59.5 Å². The maximum atomic E-state index is 12.0. The molecular weight excluding hydrogens is 304 g/mol. The van der Waals surface area contributed by atoms with E-state index in [9.17, 15) is 9.59 Å². The summed E-state index contributed by atoms with van der Waals surface area (Å²) in [4.78, 5) is 23.9. The van der Waals surface area contributed by atoms with Crippen LogP contribution in [-0.4, -0.2) is 24.4 Å². The summed E-state index contributed by atoms with van der Waals surface area (Å²) in [5.41, 5.74) is 1.65. The Morgan fingerprint density at radius 3 is 2.75 bits per heavy atom. The molecule has 0 spiro atoms. The zero-order valence-electron chi connectivity index (χ0n) is 14.2. The van der Waals surface area contributed by atoms with Gasteiger partial charge in [0.1, 0.15) is 5.76 Å². The molecule has 2 rings (SSSR count). The van der Waals surface area contributed by atoms with Crippen molar-refractivity contribution in [3.8, 4) is 0 Å². The largest absolute Gasteiger partial charge is 0.469 e. The van der Waals surface area contributed by atoms with Crippen LogP contribution in [0.5, 0.6) is 0 Å². The molecule has 1 heterocycles. The van der Waals surface area contributed by atoms with Crippen molar-refractivity contribution >= 4 is 11.8 Å². The summed E-state index contributed by atoms with van der Waals surface area (Å²) in [7, 11) is 0. The molecule has 1 aromatic carbocycles. The van der Waals surface area contributed by atoms with Crippen LogP contribution in [0.1, 0.15) is 41.4 Å². The molecule has 0 saturated heterocycles. The molecule has 0 radical (unpaired) electrons. The lowest BCUT2D eigenvalue weighted by Crippen LogP contribution is -2.35. The maximum absolute atomic E-state index is 12.0. The summed E-state index contributed by atoms with van der Waals surface area (Å²) in [5, 5.41) is 5.70. The second-order valence-corrected chi connectivity index (χ2v) is 5.96. The highest BCUT2D eigenvalue weighted by Crippen LogP contribution is 2.06. The fraction of sp³-hybridized carbons (Fsp3) is 0.368. The molecule has 1 atom stereocenters. The van der Waals surface area contributed by atoms with Crippen LogP contribution >= 0.6 is 0 Å². The van der Waals surface area contributed by atoms with Gasteiger partial charge in [-0.1, -0.05) is 17.7 Å². The minimum absolute atomic E-state index is 0.0634. The van der Waals surface area contributed by atoms with Crippen molar-refractivity contribution in [1.29, 1.82) is 0 Å². The first-order valence-electron chi connectivity index (χ1n) is 8.21. The maximum Gasteiger partial charge on any atom is 0.251 e. The van der Waals surface area contributed by atoms with Gasteiger partial charge in [0.25, 0.3) is 5.91 Å². The quantitative estimate of drug-likeness (QED) is 0.783. The standard InChI is InChI=1S/C19H24N2O3/c1-14-5-3-6-16(13-14)19(23)20-11-10-18(22)21-15(2)8-9-17-7-4-12-24-17/h3-7,12-13,15H,8-11H2,1-2H3,(H,20,23)(H,21,22). The normalized spacial score (nSPS) is 11.8. The van der Waals surface area contributed by atoms with Gasteiger partial charge in [-0.15, -0.1) is 0 Å². The van der Waals surface area contributed by atoms with Crippen LogP contribution in [0.15, 0.2) is 47.1 Å². The highest BCUT2D eigenvalue weighted by Gasteiger charge is 2.10. The molecule has 2 aromatic rings. The van der Waals surface area contributed by atoms with Crippen LogP contribution in [0.3, 0.4) is 0 Å². The Bertz CT molecular complexity index is 665. The molecule has 0 aliphatic rings. The van der Waals surface area contributed by atoms with Crippen molar-refractivity contribution < 1.29 is 14.0 Å². The van der Waals surface area contributed by atoms with E-state index < -0.39 is 0 Å². The first kappa shape index (κ1) is 17.8. The molecular formula is C19H24N2O3. The minimum Gasteiger partial charge on any atom is -0.469 e. The van der Waals surface area contributed by atoms with E-state index in [4.69, 9.17) is 4.42 Å². The predicted molar refractivity (Wildman–Crippen MR) is 92.8 cm³/mol. The molecule has 0 bridgehead atoms.